The van der Waals surface area contributed by atoms with Crippen LogP contribution in [-0.2, 0) is 22.9 Å². The number of aryl methyl sites for hydroxylation is 2. The van der Waals surface area contributed by atoms with Gasteiger partial charge >= 0.3 is 0 Å². The standard InChI is InChI=1S/C22H19NO2S/c24-26(25,17-9-2-1-3-10-17)23-21-13-7-6-12-19(21)20-15-14-16-8-4-5-11-18(16)22(20)23/h1-3,6-7,9-10,12-15H,4-5,8,11H2. The summed E-state index contributed by atoms with van der Waals surface area (Å²) >= 11 is 0. The van der Waals surface area contributed by atoms with Gasteiger partial charge in [0, 0.05) is 10.8 Å². The van der Waals surface area contributed by atoms with Crippen LogP contribution in [0.25, 0.3) is 21.8 Å². The number of hydrogen-bond donors (Lipinski definition) is 0. The Hall–Kier alpha value is -2.59. The zero-order chi connectivity index (χ0) is 17.7. The summed E-state index contributed by atoms with van der Waals surface area (Å²) in [4.78, 5) is 0.330. The molecule has 1 aliphatic carbocycles. The van der Waals surface area contributed by atoms with E-state index in [0.29, 0.717) is 4.90 Å². The Morgan fingerprint density at radius 3 is 2.31 bits per heavy atom. The molecule has 5 rings (SSSR count). The number of fused-ring (bicyclic) bond motifs is 5. The lowest BCUT2D eigenvalue weighted by Crippen LogP contribution is -2.15. The lowest BCUT2D eigenvalue weighted by molar-refractivity contribution is 0.590. The minimum absolute atomic E-state index is 0.330. The summed E-state index contributed by atoms with van der Waals surface area (Å²) in [6.45, 7) is 0. The van der Waals surface area contributed by atoms with Crippen LogP contribution in [0.5, 0.6) is 0 Å². The summed E-state index contributed by atoms with van der Waals surface area (Å²) in [6.07, 6.45) is 4.24. The second kappa shape index (κ2) is 5.71. The SMILES string of the molecule is O=S(=O)(c1ccccc1)n1c2ccccc2c2ccc3c(c21)CCCC3. The Morgan fingerprint density at radius 1 is 0.731 bits per heavy atom. The fourth-order valence-corrected chi connectivity index (χ4v) is 5.78. The molecule has 4 heteroatoms. The van der Waals surface area contributed by atoms with Crippen molar-refractivity contribution < 1.29 is 8.42 Å². The van der Waals surface area contributed by atoms with E-state index in [4.69, 9.17) is 0 Å². The highest BCUT2D eigenvalue weighted by Gasteiger charge is 2.26. The molecule has 1 aliphatic rings. The Morgan fingerprint density at radius 2 is 1.46 bits per heavy atom. The molecule has 0 N–H and O–H groups in total. The van der Waals surface area contributed by atoms with Gasteiger partial charge in [0.25, 0.3) is 10.0 Å². The van der Waals surface area contributed by atoms with E-state index >= 15 is 0 Å². The van der Waals surface area contributed by atoms with E-state index in [2.05, 4.69) is 12.1 Å². The molecule has 0 saturated heterocycles. The molecule has 0 saturated carbocycles. The number of hydrogen-bond acceptors (Lipinski definition) is 2. The summed E-state index contributed by atoms with van der Waals surface area (Å²) in [6, 6.07) is 20.8. The normalized spacial score (nSPS) is 14.6. The fourth-order valence-electron chi connectivity index (χ4n) is 4.20. The van der Waals surface area contributed by atoms with Crippen molar-refractivity contribution in [3.05, 3.63) is 77.9 Å². The second-order valence-corrected chi connectivity index (χ2v) is 8.69. The van der Waals surface area contributed by atoms with Crippen LogP contribution in [0.3, 0.4) is 0 Å². The highest BCUT2D eigenvalue weighted by atomic mass is 32.2. The Balaban J connectivity index is 1.97. The van der Waals surface area contributed by atoms with Gasteiger partial charge < -0.3 is 0 Å². The van der Waals surface area contributed by atoms with E-state index in [-0.39, 0.29) is 0 Å². The van der Waals surface area contributed by atoms with Gasteiger partial charge in [0.05, 0.1) is 15.9 Å². The molecule has 0 aliphatic heterocycles. The smallest absolute Gasteiger partial charge is 0.233 e. The number of benzene rings is 3. The Bertz CT molecular complexity index is 1240. The van der Waals surface area contributed by atoms with Crippen molar-refractivity contribution in [1.29, 1.82) is 0 Å². The minimum Gasteiger partial charge on any atom is -0.233 e. The molecule has 3 aromatic carbocycles. The van der Waals surface area contributed by atoms with Crippen LogP contribution in [0.15, 0.2) is 71.6 Å². The molecule has 0 radical (unpaired) electrons. The monoisotopic (exact) mass is 361 g/mol. The van der Waals surface area contributed by atoms with E-state index in [1.165, 1.54) is 17.5 Å². The molecule has 0 fully saturated rings. The molecule has 130 valence electrons. The number of rotatable bonds is 2. The van der Waals surface area contributed by atoms with Gasteiger partial charge in [-0.25, -0.2) is 12.4 Å². The van der Waals surface area contributed by atoms with Gasteiger partial charge in [0.2, 0.25) is 0 Å². The second-order valence-electron chi connectivity index (χ2n) is 6.91. The molecule has 1 heterocycles. The topological polar surface area (TPSA) is 39.1 Å². The predicted octanol–water partition coefficient (Wildman–Crippen LogP) is 4.91. The van der Waals surface area contributed by atoms with E-state index in [9.17, 15) is 8.42 Å². The Kier molecular flexibility index (Phi) is 3.44. The summed E-state index contributed by atoms with van der Waals surface area (Å²) in [5, 5.41) is 2.02. The summed E-state index contributed by atoms with van der Waals surface area (Å²) in [7, 11) is -3.67. The molecule has 0 spiro atoms. The van der Waals surface area contributed by atoms with Gasteiger partial charge in [-0.05, 0) is 55.0 Å². The molecule has 3 nitrogen and oxygen atoms in total. The van der Waals surface area contributed by atoms with E-state index < -0.39 is 10.0 Å². The largest absolute Gasteiger partial charge is 0.268 e. The highest BCUT2D eigenvalue weighted by Crippen LogP contribution is 2.37. The molecule has 0 amide bonds. The van der Waals surface area contributed by atoms with Crippen LogP contribution in [0.1, 0.15) is 24.0 Å². The Labute approximate surface area is 152 Å². The first-order valence-corrected chi connectivity index (χ1v) is 10.5. The lowest BCUT2D eigenvalue weighted by Gasteiger charge is -2.18. The number of nitrogens with zero attached hydrogens (tertiary/aromatic N) is 1. The fraction of sp³-hybridized carbons (Fsp3) is 0.182. The number of para-hydroxylation sites is 1. The third-order valence-electron chi connectivity index (χ3n) is 5.40. The van der Waals surface area contributed by atoms with Crippen molar-refractivity contribution in [2.45, 2.75) is 30.6 Å². The van der Waals surface area contributed by atoms with Gasteiger partial charge in [0.15, 0.2) is 0 Å². The van der Waals surface area contributed by atoms with Crippen molar-refractivity contribution in [2.24, 2.45) is 0 Å². The molecule has 0 atom stereocenters. The van der Waals surface area contributed by atoms with E-state index in [1.54, 1.807) is 28.2 Å². The maximum Gasteiger partial charge on any atom is 0.268 e. The quantitative estimate of drug-likeness (QED) is 0.509. The van der Waals surface area contributed by atoms with Gasteiger partial charge in [-0.1, -0.05) is 48.5 Å². The van der Waals surface area contributed by atoms with Crippen LogP contribution in [-0.4, -0.2) is 12.4 Å². The summed E-state index contributed by atoms with van der Waals surface area (Å²) in [5.41, 5.74) is 4.11. The molecule has 0 bridgehead atoms. The van der Waals surface area contributed by atoms with Crippen molar-refractivity contribution in [1.82, 2.24) is 3.97 Å². The maximum atomic E-state index is 13.6. The zero-order valence-corrected chi connectivity index (χ0v) is 15.2. The predicted molar refractivity (Wildman–Crippen MR) is 105 cm³/mol. The van der Waals surface area contributed by atoms with Crippen LogP contribution < -0.4 is 0 Å². The summed E-state index contributed by atoms with van der Waals surface area (Å²) < 4.78 is 28.7. The van der Waals surface area contributed by atoms with E-state index in [0.717, 1.165) is 41.1 Å². The first-order valence-electron chi connectivity index (χ1n) is 9.02. The third-order valence-corrected chi connectivity index (χ3v) is 7.13. The average Bonchev–Trinajstić information content (AvgIpc) is 3.04. The number of aromatic nitrogens is 1. The molecule has 0 unspecified atom stereocenters. The van der Waals surface area contributed by atoms with Gasteiger partial charge in [-0.15, -0.1) is 0 Å². The minimum atomic E-state index is -3.67. The molecule has 4 aromatic rings. The molecule has 26 heavy (non-hydrogen) atoms. The first kappa shape index (κ1) is 15.6. The molecule has 1 aromatic heterocycles. The molecular formula is C22H19NO2S. The first-order chi connectivity index (χ1) is 12.7. The van der Waals surface area contributed by atoms with Crippen molar-refractivity contribution in [2.75, 3.05) is 0 Å². The highest BCUT2D eigenvalue weighted by molar-refractivity contribution is 7.90. The van der Waals surface area contributed by atoms with Crippen LogP contribution in [0.2, 0.25) is 0 Å². The van der Waals surface area contributed by atoms with Gasteiger partial charge in [-0.2, -0.15) is 0 Å². The van der Waals surface area contributed by atoms with Gasteiger partial charge in [0.1, 0.15) is 0 Å². The van der Waals surface area contributed by atoms with E-state index in [1.807, 2.05) is 30.3 Å². The summed E-state index contributed by atoms with van der Waals surface area (Å²) in [5.74, 6) is 0. The van der Waals surface area contributed by atoms with Crippen LogP contribution >= 0.6 is 0 Å². The molecular weight excluding hydrogens is 342 g/mol. The average molecular weight is 361 g/mol. The van der Waals surface area contributed by atoms with Crippen molar-refractivity contribution >= 4 is 31.8 Å². The third kappa shape index (κ3) is 2.15. The van der Waals surface area contributed by atoms with Crippen LogP contribution in [0, 0.1) is 0 Å². The van der Waals surface area contributed by atoms with Crippen molar-refractivity contribution in [3.63, 3.8) is 0 Å². The van der Waals surface area contributed by atoms with Crippen LogP contribution in [0.4, 0.5) is 0 Å². The van der Waals surface area contributed by atoms with Crippen molar-refractivity contribution in [3.8, 4) is 0 Å². The van der Waals surface area contributed by atoms with Gasteiger partial charge in [-0.3, -0.25) is 0 Å². The maximum absolute atomic E-state index is 13.6. The zero-order valence-electron chi connectivity index (χ0n) is 14.4. The lowest BCUT2D eigenvalue weighted by atomic mass is 9.90.